The summed E-state index contributed by atoms with van der Waals surface area (Å²) >= 11 is 0. The summed E-state index contributed by atoms with van der Waals surface area (Å²) in [6.07, 6.45) is 6.43. The third-order valence-electron chi connectivity index (χ3n) is 4.34. The second-order valence-electron chi connectivity index (χ2n) is 8.70. The predicted octanol–water partition coefficient (Wildman–Crippen LogP) is 5.54. The predicted molar refractivity (Wildman–Crippen MR) is 107 cm³/mol. The molecule has 126 valence electrons. The summed E-state index contributed by atoms with van der Waals surface area (Å²) < 4.78 is 6.11. The lowest BCUT2D eigenvalue weighted by Crippen LogP contribution is -2.40. The molecule has 0 unspecified atom stereocenters. The van der Waals surface area contributed by atoms with Crippen LogP contribution in [0.2, 0.25) is 37.8 Å². The normalized spacial score (nSPS) is 17.2. The van der Waals surface area contributed by atoms with Gasteiger partial charge in [0.2, 0.25) is 0 Å². The van der Waals surface area contributed by atoms with Gasteiger partial charge in [-0.1, -0.05) is 64.2 Å². The molecule has 1 rings (SSSR count). The van der Waals surface area contributed by atoms with Crippen molar-refractivity contribution in [3.05, 3.63) is 23.3 Å². The minimum absolute atomic E-state index is 0.235. The van der Waals surface area contributed by atoms with Gasteiger partial charge in [0.1, 0.15) is 8.07 Å². The highest BCUT2D eigenvalue weighted by Gasteiger charge is 2.36. The Labute approximate surface area is 145 Å². The van der Waals surface area contributed by atoms with Gasteiger partial charge in [-0.15, -0.1) is 5.54 Å². The van der Waals surface area contributed by atoms with Gasteiger partial charge >= 0.3 is 0 Å². The molecular weight excluding hydrogens is 312 g/mol. The fourth-order valence-electron chi connectivity index (χ4n) is 1.82. The van der Waals surface area contributed by atoms with Crippen molar-refractivity contribution < 1.29 is 4.43 Å². The van der Waals surface area contributed by atoms with Crippen molar-refractivity contribution >= 4 is 16.4 Å². The Hall–Kier alpha value is -1.01. The summed E-state index contributed by atoms with van der Waals surface area (Å²) in [6, 6.07) is 0. The summed E-state index contributed by atoms with van der Waals surface area (Å²) in [5.74, 6) is 9.74. The second kappa shape index (κ2) is 7.71. The molecule has 3 heteroatoms. The number of hydrogen-bond acceptors (Lipinski definition) is 1. The quantitative estimate of drug-likeness (QED) is 0.472. The van der Waals surface area contributed by atoms with E-state index in [9.17, 15) is 0 Å². The van der Waals surface area contributed by atoms with E-state index in [1.54, 1.807) is 0 Å². The molecule has 0 fully saturated rings. The van der Waals surface area contributed by atoms with Crippen LogP contribution in [0.5, 0.6) is 0 Å². The van der Waals surface area contributed by atoms with E-state index in [2.05, 4.69) is 89.0 Å². The molecule has 0 bridgehead atoms. The van der Waals surface area contributed by atoms with Crippen LogP contribution in [0.15, 0.2) is 23.3 Å². The molecule has 0 N–H and O–H groups in total. The number of allylic oxidation sites excluding steroid dienone is 4. The van der Waals surface area contributed by atoms with E-state index in [1.807, 2.05) is 0 Å². The first kappa shape index (κ1) is 20.0. The van der Waals surface area contributed by atoms with Gasteiger partial charge in [0, 0.05) is 5.57 Å². The summed E-state index contributed by atoms with van der Waals surface area (Å²) in [4.78, 5) is 0. The highest BCUT2D eigenvalue weighted by atomic mass is 28.4. The molecule has 1 aliphatic rings. The van der Waals surface area contributed by atoms with Crippen LogP contribution in [0.1, 0.15) is 33.6 Å². The lowest BCUT2D eigenvalue weighted by Gasteiger charge is -2.35. The molecular formula is C20H32OSi2. The molecule has 0 radical (unpaired) electrons. The standard InChI is InChI=1S/C20H32OSi2/c1-20(2,3)23(7,8)21-16-10-14-18-12-9-13-19(18)15-11-17-22(4,5)6/h12,15H,9,13,16H2,1-8H3/b19-15+. The molecule has 0 aromatic heterocycles. The zero-order chi connectivity index (χ0) is 17.7. The topological polar surface area (TPSA) is 9.23 Å². The number of rotatable bonds is 2. The third kappa shape index (κ3) is 6.96. The van der Waals surface area contributed by atoms with Gasteiger partial charge in [-0.3, -0.25) is 0 Å². The van der Waals surface area contributed by atoms with Crippen molar-refractivity contribution in [1.29, 1.82) is 0 Å². The van der Waals surface area contributed by atoms with Crippen LogP contribution in [0, 0.1) is 23.3 Å². The smallest absolute Gasteiger partial charge is 0.193 e. The average molecular weight is 345 g/mol. The maximum atomic E-state index is 6.11. The lowest BCUT2D eigenvalue weighted by molar-refractivity contribution is 0.334. The van der Waals surface area contributed by atoms with Gasteiger partial charge in [0.15, 0.2) is 8.32 Å². The largest absolute Gasteiger partial charge is 0.406 e. The Morgan fingerprint density at radius 1 is 1.17 bits per heavy atom. The molecule has 0 atom stereocenters. The maximum absolute atomic E-state index is 6.11. The Morgan fingerprint density at radius 2 is 1.83 bits per heavy atom. The minimum Gasteiger partial charge on any atom is -0.406 e. The van der Waals surface area contributed by atoms with E-state index >= 15 is 0 Å². The van der Waals surface area contributed by atoms with E-state index < -0.39 is 16.4 Å². The molecule has 0 aromatic carbocycles. The minimum atomic E-state index is -1.69. The van der Waals surface area contributed by atoms with Gasteiger partial charge in [-0.05, 0) is 42.6 Å². The van der Waals surface area contributed by atoms with Crippen molar-refractivity contribution in [3.8, 4) is 23.3 Å². The summed E-state index contributed by atoms with van der Waals surface area (Å²) in [5, 5.41) is 0.235. The highest BCUT2D eigenvalue weighted by Crippen LogP contribution is 2.36. The summed E-state index contributed by atoms with van der Waals surface area (Å²) in [5.41, 5.74) is 5.83. The Morgan fingerprint density at radius 3 is 2.39 bits per heavy atom. The van der Waals surface area contributed by atoms with Crippen molar-refractivity contribution in [2.75, 3.05) is 6.61 Å². The van der Waals surface area contributed by atoms with E-state index in [-0.39, 0.29) is 5.04 Å². The van der Waals surface area contributed by atoms with Gasteiger partial charge in [0.25, 0.3) is 0 Å². The van der Waals surface area contributed by atoms with Crippen LogP contribution in [-0.2, 0) is 4.43 Å². The molecule has 0 aliphatic heterocycles. The molecule has 1 aliphatic carbocycles. The monoisotopic (exact) mass is 344 g/mol. The van der Waals surface area contributed by atoms with Crippen LogP contribution >= 0.6 is 0 Å². The fraction of sp³-hybridized carbons (Fsp3) is 0.600. The van der Waals surface area contributed by atoms with Crippen LogP contribution in [0.25, 0.3) is 0 Å². The molecule has 0 saturated carbocycles. The first-order valence-electron chi connectivity index (χ1n) is 8.47. The van der Waals surface area contributed by atoms with Gasteiger partial charge < -0.3 is 4.43 Å². The average Bonchev–Trinajstić information content (AvgIpc) is 2.79. The van der Waals surface area contributed by atoms with Crippen LogP contribution < -0.4 is 0 Å². The van der Waals surface area contributed by atoms with Crippen molar-refractivity contribution in [2.45, 2.75) is 71.4 Å². The van der Waals surface area contributed by atoms with Gasteiger partial charge in [-0.25, -0.2) is 0 Å². The molecule has 0 amide bonds. The summed E-state index contributed by atoms with van der Waals surface area (Å²) in [6.45, 7) is 18.6. The molecule has 0 aromatic rings. The van der Waals surface area contributed by atoms with E-state index in [0.29, 0.717) is 6.61 Å². The van der Waals surface area contributed by atoms with E-state index in [0.717, 1.165) is 18.4 Å². The molecule has 23 heavy (non-hydrogen) atoms. The lowest BCUT2D eigenvalue weighted by atomic mass is 10.1. The van der Waals surface area contributed by atoms with Crippen LogP contribution in [0.4, 0.5) is 0 Å². The van der Waals surface area contributed by atoms with E-state index in [4.69, 9.17) is 4.43 Å². The molecule has 0 saturated heterocycles. The van der Waals surface area contributed by atoms with Gasteiger partial charge in [0.05, 0.1) is 6.61 Å². The zero-order valence-electron chi connectivity index (χ0n) is 16.2. The summed E-state index contributed by atoms with van der Waals surface area (Å²) in [7, 11) is -2.99. The van der Waals surface area contributed by atoms with E-state index in [1.165, 1.54) is 5.57 Å². The van der Waals surface area contributed by atoms with Crippen LogP contribution in [0.3, 0.4) is 0 Å². The second-order valence-corrected chi connectivity index (χ2v) is 18.3. The van der Waals surface area contributed by atoms with Crippen molar-refractivity contribution in [1.82, 2.24) is 0 Å². The first-order chi connectivity index (χ1) is 10.4. The zero-order valence-corrected chi connectivity index (χ0v) is 18.2. The third-order valence-corrected chi connectivity index (χ3v) is 9.71. The van der Waals surface area contributed by atoms with Gasteiger partial charge in [-0.2, -0.15) is 0 Å². The Kier molecular flexibility index (Phi) is 6.72. The SMILES string of the molecule is CC(C)(C)[Si](C)(C)OCC#CC1=CCC/C1=C\C#C[Si](C)(C)C. The molecule has 1 nitrogen and oxygen atoms in total. The maximum Gasteiger partial charge on any atom is 0.193 e. The Bertz CT molecular complexity index is 602. The van der Waals surface area contributed by atoms with Crippen molar-refractivity contribution in [3.63, 3.8) is 0 Å². The van der Waals surface area contributed by atoms with Crippen LogP contribution in [-0.4, -0.2) is 23.0 Å². The first-order valence-corrected chi connectivity index (χ1v) is 14.9. The Balaban J connectivity index is 2.68. The fourth-order valence-corrected chi connectivity index (χ4v) is 3.19. The highest BCUT2D eigenvalue weighted by molar-refractivity contribution is 6.83. The van der Waals surface area contributed by atoms with Crippen molar-refractivity contribution in [2.24, 2.45) is 0 Å². The molecule has 0 heterocycles. The number of hydrogen-bond donors (Lipinski definition) is 0. The molecule has 0 spiro atoms.